The average Bonchev–Trinajstić information content (AvgIpc) is 2.86. The van der Waals surface area contributed by atoms with Gasteiger partial charge in [-0.3, -0.25) is 14.6 Å². The molecular weight excluding hydrogens is 428 g/mol. The van der Waals surface area contributed by atoms with Crippen LogP contribution in [0.3, 0.4) is 0 Å². The summed E-state index contributed by atoms with van der Waals surface area (Å²) in [6.07, 6.45) is 1.71. The Labute approximate surface area is 197 Å². The molecule has 3 aromatic carbocycles. The van der Waals surface area contributed by atoms with E-state index in [9.17, 15) is 9.59 Å². The topological polar surface area (TPSA) is 106 Å². The maximum atomic E-state index is 12.7. The number of nitrogen functional groups attached to an aromatic ring is 1. The summed E-state index contributed by atoms with van der Waals surface area (Å²) in [5, 5.41) is 5.69. The van der Waals surface area contributed by atoms with Crippen LogP contribution < -0.4 is 21.1 Å². The number of pyridine rings is 1. The highest BCUT2D eigenvalue weighted by atomic mass is 16.5. The van der Waals surface area contributed by atoms with Gasteiger partial charge in [0.15, 0.2) is 0 Å². The van der Waals surface area contributed by atoms with Gasteiger partial charge in [-0.05, 0) is 79.2 Å². The second-order valence-corrected chi connectivity index (χ2v) is 7.66. The van der Waals surface area contributed by atoms with Crippen molar-refractivity contribution in [2.45, 2.75) is 13.5 Å². The van der Waals surface area contributed by atoms with Crippen LogP contribution in [0.25, 0.3) is 0 Å². The zero-order chi connectivity index (χ0) is 23.9. The smallest absolute Gasteiger partial charge is 0.255 e. The van der Waals surface area contributed by atoms with Crippen LogP contribution in [0, 0.1) is 6.92 Å². The first-order valence-electron chi connectivity index (χ1n) is 10.7. The van der Waals surface area contributed by atoms with Crippen LogP contribution in [-0.4, -0.2) is 16.8 Å². The standard InChI is InChI=1S/C27H24N4O3/c1-18-16-20(27(33)31-25-8-3-2-7-23(25)28)11-14-24(18)30-26(32)19-9-12-22(13-10-19)34-17-21-6-4-5-15-29-21/h2-16H,17,28H2,1H3,(H,30,32)(H,31,33). The van der Waals surface area contributed by atoms with Gasteiger partial charge in [-0.15, -0.1) is 0 Å². The molecule has 0 unspecified atom stereocenters. The third-order valence-electron chi connectivity index (χ3n) is 5.18. The molecule has 0 saturated carbocycles. The van der Waals surface area contributed by atoms with Crippen molar-refractivity contribution in [2.24, 2.45) is 0 Å². The van der Waals surface area contributed by atoms with Crippen molar-refractivity contribution in [3.8, 4) is 5.75 Å². The van der Waals surface area contributed by atoms with E-state index in [2.05, 4.69) is 15.6 Å². The summed E-state index contributed by atoms with van der Waals surface area (Å²) in [7, 11) is 0. The summed E-state index contributed by atoms with van der Waals surface area (Å²) < 4.78 is 5.71. The first-order valence-corrected chi connectivity index (χ1v) is 10.7. The molecule has 1 aromatic heterocycles. The van der Waals surface area contributed by atoms with E-state index in [-0.39, 0.29) is 11.8 Å². The minimum Gasteiger partial charge on any atom is -0.487 e. The number of amides is 2. The summed E-state index contributed by atoms with van der Waals surface area (Å²) in [4.78, 5) is 29.5. The molecule has 4 rings (SSSR count). The van der Waals surface area contributed by atoms with Gasteiger partial charge in [0.25, 0.3) is 11.8 Å². The fraction of sp³-hybridized carbons (Fsp3) is 0.0741. The zero-order valence-corrected chi connectivity index (χ0v) is 18.6. The van der Waals surface area contributed by atoms with Gasteiger partial charge in [-0.25, -0.2) is 0 Å². The van der Waals surface area contributed by atoms with Crippen LogP contribution in [0.1, 0.15) is 32.0 Å². The number of nitrogens with one attached hydrogen (secondary N) is 2. The SMILES string of the molecule is Cc1cc(C(=O)Nc2ccccc2N)ccc1NC(=O)c1ccc(OCc2ccccn2)cc1. The molecule has 34 heavy (non-hydrogen) atoms. The predicted molar refractivity (Wildman–Crippen MR) is 133 cm³/mol. The minimum absolute atomic E-state index is 0.256. The van der Waals surface area contributed by atoms with Gasteiger partial charge in [0.1, 0.15) is 12.4 Å². The molecule has 0 saturated heterocycles. The molecule has 0 fully saturated rings. The normalized spacial score (nSPS) is 10.4. The lowest BCUT2D eigenvalue weighted by Gasteiger charge is -2.12. The van der Waals surface area contributed by atoms with Gasteiger partial charge < -0.3 is 21.1 Å². The molecule has 7 nitrogen and oxygen atoms in total. The lowest BCUT2D eigenvalue weighted by molar-refractivity contribution is 0.102. The molecule has 4 N–H and O–H groups in total. The second kappa shape index (κ2) is 10.3. The molecule has 170 valence electrons. The molecule has 0 spiro atoms. The monoisotopic (exact) mass is 452 g/mol. The highest BCUT2D eigenvalue weighted by molar-refractivity contribution is 6.07. The average molecular weight is 453 g/mol. The quantitative estimate of drug-likeness (QED) is 0.340. The summed E-state index contributed by atoms with van der Waals surface area (Å²) >= 11 is 0. The van der Waals surface area contributed by atoms with E-state index < -0.39 is 0 Å². The lowest BCUT2D eigenvalue weighted by atomic mass is 10.1. The highest BCUT2D eigenvalue weighted by Crippen LogP contribution is 2.22. The number of nitrogens with zero attached hydrogens (tertiary/aromatic N) is 1. The van der Waals surface area contributed by atoms with Gasteiger partial charge in [0, 0.05) is 23.0 Å². The van der Waals surface area contributed by atoms with Crippen molar-refractivity contribution in [2.75, 3.05) is 16.4 Å². The number of rotatable bonds is 7. The maximum absolute atomic E-state index is 12.7. The van der Waals surface area contributed by atoms with E-state index in [0.29, 0.717) is 40.5 Å². The van der Waals surface area contributed by atoms with Crippen molar-refractivity contribution in [1.82, 2.24) is 4.98 Å². The molecule has 7 heteroatoms. The predicted octanol–water partition coefficient (Wildman–Crippen LogP) is 5.06. The number of benzene rings is 3. The van der Waals surface area contributed by atoms with Crippen LogP contribution >= 0.6 is 0 Å². The van der Waals surface area contributed by atoms with Gasteiger partial charge >= 0.3 is 0 Å². The Bertz CT molecular complexity index is 1310. The Kier molecular flexibility index (Phi) is 6.84. The Morgan fingerprint density at radius 3 is 2.21 bits per heavy atom. The summed E-state index contributed by atoms with van der Waals surface area (Å²) in [6, 6.07) is 24.7. The molecule has 4 aromatic rings. The third-order valence-corrected chi connectivity index (χ3v) is 5.18. The number of ether oxygens (including phenoxy) is 1. The number of para-hydroxylation sites is 2. The van der Waals surface area contributed by atoms with Crippen LogP contribution in [0.5, 0.6) is 5.75 Å². The Balaban J connectivity index is 1.37. The van der Waals surface area contributed by atoms with Crippen molar-refractivity contribution in [3.63, 3.8) is 0 Å². The van der Waals surface area contributed by atoms with E-state index in [1.165, 1.54) is 0 Å². The molecule has 0 bridgehead atoms. The Hall–Kier alpha value is -4.65. The van der Waals surface area contributed by atoms with Gasteiger partial charge in [-0.2, -0.15) is 0 Å². The van der Waals surface area contributed by atoms with Crippen LogP contribution in [0.15, 0.2) is 91.1 Å². The Morgan fingerprint density at radius 2 is 1.50 bits per heavy atom. The van der Waals surface area contributed by atoms with E-state index >= 15 is 0 Å². The number of aryl methyl sites for hydroxylation is 1. The fourth-order valence-electron chi connectivity index (χ4n) is 3.29. The first-order chi connectivity index (χ1) is 16.5. The number of aromatic nitrogens is 1. The minimum atomic E-state index is -0.278. The third kappa shape index (κ3) is 5.58. The van der Waals surface area contributed by atoms with Crippen LogP contribution in [-0.2, 0) is 6.61 Å². The van der Waals surface area contributed by atoms with Gasteiger partial charge in [-0.1, -0.05) is 18.2 Å². The van der Waals surface area contributed by atoms with E-state index in [1.807, 2.05) is 25.1 Å². The van der Waals surface area contributed by atoms with Crippen LogP contribution in [0.4, 0.5) is 17.1 Å². The van der Waals surface area contributed by atoms with E-state index in [4.69, 9.17) is 10.5 Å². The molecule has 2 amide bonds. The number of nitrogens with two attached hydrogens (primary N) is 1. The molecule has 0 aliphatic rings. The first kappa shape index (κ1) is 22.5. The number of anilines is 3. The number of hydrogen-bond donors (Lipinski definition) is 3. The Morgan fingerprint density at radius 1 is 0.824 bits per heavy atom. The second-order valence-electron chi connectivity index (χ2n) is 7.66. The molecule has 0 atom stereocenters. The largest absolute Gasteiger partial charge is 0.487 e. The van der Waals surface area contributed by atoms with Crippen molar-refractivity contribution < 1.29 is 14.3 Å². The fourth-order valence-corrected chi connectivity index (χ4v) is 3.29. The molecule has 0 radical (unpaired) electrons. The lowest BCUT2D eigenvalue weighted by Crippen LogP contribution is -2.15. The summed E-state index contributed by atoms with van der Waals surface area (Å²) in [5.74, 6) is 0.113. The summed E-state index contributed by atoms with van der Waals surface area (Å²) in [6.45, 7) is 2.18. The van der Waals surface area contributed by atoms with Crippen LogP contribution in [0.2, 0.25) is 0 Å². The zero-order valence-electron chi connectivity index (χ0n) is 18.6. The number of carbonyl (C=O) groups is 2. The van der Waals surface area contributed by atoms with Gasteiger partial charge in [0.05, 0.1) is 17.1 Å². The van der Waals surface area contributed by atoms with Crippen molar-refractivity contribution in [1.29, 1.82) is 0 Å². The van der Waals surface area contributed by atoms with Crippen molar-refractivity contribution in [3.05, 3.63) is 114 Å². The van der Waals surface area contributed by atoms with E-state index in [1.54, 1.807) is 72.9 Å². The van der Waals surface area contributed by atoms with Gasteiger partial charge in [0.2, 0.25) is 0 Å². The molecule has 1 heterocycles. The molecular formula is C27H24N4O3. The highest BCUT2D eigenvalue weighted by Gasteiger charge is 2.12. The maximum Gasteiger partial charge on any atom is 0.255 e. The molecule has 0 aliphatic carbocycles. The van der Waals surface area contributed by atoms with Crippen molar-refractivity contribution >= 4 is 28.9 Å². The number of carbonyl (C=O) groups excluding carboxylic acids is 2. The molecule has 0 aliphatic heterocycles. The number of hydrogen-bond acceptors (Lipinski definition) is 5. The van der Waals surface area contributed by atoms with E-state index in [0.717, 1.165) is 11.3 Å². The summed E-state index contributed by atoms with van der Waals surface area (Å²) in [5.41, 5.74) is 10.1.